The number of carbonyl (C=O) groups excluding carboxylic acids is 1. The van der Waals surface area contributed by atoms with Crippen LogP contribution in [-0.2, 0) is 24.8 Å². The predicted molar refractivity (Wildman–Crippen MR) is 103 cm³/mol. The van der Waals surface area contributed by atoms with Gasteiger partial charge in [-0.3, -0.25) is 14.5 Å². The molecule has 1 aromatic carbocycles. The molecule has 0 aliphatic heterocycles. The summed E-state index contributed by atoms with van der Waals surface area (Å²) in [6, 6.07) is 10.2. The van der Waals surface area contributed by atoms with E-state index in [4.69, 9.17) is 0 Å². The van der Waals surface area contributed by atoms with Crippen LogP contribution in [0.15, 0.2) is 48.9 Å². The normalized spacial score (nSPS) is 10.7. The molecule has 3 rings (SSSR count). The minimum absolute atomic E-state index is 0.0456. The number of hydrogen-bond acceptors (Lipinski definition) is 3. The lowest BCUT2D eigenvalue weighted by Crippen LogP contribution is -2.23. The molecule has 0 spiro atoms. The summed E-state index contributed by atoms with van der Waals surface area (Å²) in [7, 11) is 1.88. The van der Waals surface area contributed by atoms with Crippen LogP contribution >= 0.6 is 0 Å². The maximum absolute atomic E-state index is 12.2. The number of nitrogens with zero attached hydrogens (tertiary/aromatic N) is 3. The molecule has 0 bridgehead atoms. The molecule has 2 aromatic heterocycles. The summed E-state index contributed by atoms with van der Waals surface area (Å²) in [4.78, 5) is 16.7. The van der Waals surface area contributed by atoms with E-state index in [-0.39, 0.29) is 5.91 Å². The van der Waals surface area contributed by atoms with E-state index in [0.717, 1.165) is 23.2 Å². The van der Waals surface area contributed by atoms with Crippen molar-refractivity contribution in [3.63, 3.8) is 0 Å². The Morgan fingerprint density at radius 1 is 1.19 bits per heavy atom. The maximum atomic E-state index is 12.2. The summed E-state index contributed by atoms with van der Waals surface area (Å²) in [5.41, 5.74) is 6.53. The first-order chi connectivity index (χ1) is 12.5. The van der Waals surface area contributed by atoms with Crippen molar-refractivity contribution in [1.29, 1.82) is 0 Å². The molecule has 2 heterocycles. The molecule has 1 N–H and O–H groups in total. The van der Waals surface area contributed by atoms with E-state index in [1.54, 1.807) is 17.1 Å². The molecule has 0 radical (unpaired) electrons. The Bertz CT molecular complexity index is 914. The number of pyridine rings is 1. The third-order valence-corrected chi connectivity index (χ3v) is 4.56. The van der Waals surface area contributed by atoms with Gasteiger partial charge in [-0.25, -0.2) is 0 Å². The van der Waals surface area contributed by atoms with E-state index in [0.29, 0.717) is 13.0 Å². The molecule has 0 aliphatic rings. The number of aryl methyl sites for hydroxylation is 4. The van der Waals surface area contributed by atoms with Crippen molar-refractivity contribution in [2.75, 3.05) is 0 Å². The zero-order valence-corrected chi connectivity index (χ0v) is 15.5. The average molecular weight is 348 g/mol. The number of amides is 1. The second-order valence-electron chi connectivity index (χ2n) is 6.61. The van der Waals surface area contributed by atoms with Gasteiger partial charge in [-0.05, 0) is 48.6 Å². The quantitative estimate of drug-likeness (QED) is 0.743. The molecule has 26 heavy (non-hydrogen) atoms. The largest absolute Gasteiger partial charge is 0.352 e. The molecule has 134 valence electrons. The van der Waals surface area contributed by atoms with Crippen molar-refractivity contribution in [3.8, 4) is 11.3 Å². The smallest absolute Gasteiger partial charge is 0.220 e. The third-order valence-electron chi connectivity index (χ3n) is 4.56. The molecule has 0 aliphatic carbocycles. The summed E-state index contributed by atoms with van der Waals surface area (Å²) in [6.07, 6.45) is 6.69. The lowest BCUT2D eigenvalue weighted by molar-refractivity contribution is -0.121. The van der Waals surface area contributed by atoms with Crippen molar-refractivity contribution in [2.45, 2.75) is 33.2 Å². The van der Waals surface area contributed by atoms with Crippen LogP contribution in [0.5, 0.6) is 0 Å². The number of rotatable bonds is 6. The van der Waals surface area contributed by atoms with Gasteiger partial charge in [0.1, 0.15) is 0 Å². The molecular weight excluding hydrogens is 324 g/mol. The van der Waals surface area contributed by atoms with Crippen LogP contribution in [0.2, 0.25) is 0 Å². The summed E-state index contributed by atoms with van der Waals surface area (Å²) in [5.74, 6) is 0.0456. The molecule has 0 atom stereocenters. The van der Waals surface area contributed by atoms with Gasteiger partial charge in [0.2, 0.25) is 5.91 Å². The minimum atomic E-state index is 0.0456. The zero-order valence-electron chi connectivity index (χ0n) is 15.5. The summed E-state index contributed by atoms with van der Waals surface area (Å²) < 4.78 is 1.75. The van der Waals surface area contributed by atoms with Gasteiger partial charge >= 0.3 is 0 Å². The number of aromatic nitrogens is 3. The average Bonchev–Trinajstić information content (AvgIpc) is 3.07. The summed E-state index contributed by atoms with van der Waals surface area (Å²) >= 11 is 0. The van der Waals surface area contributed by atoms with E-state index in [2.05, 4.69) is 47.4 Å². The fraction of sp³-hybridized carbons (Fsp3) is 0.286. The van der Waals surface area contributed by atoms with Crippen LogP contribution in [0.3, 0.4) is 0 Å². The van der Waals surface area contributed by atoms with Crippen molar-refractivity contribution in [2.24, 2.45) is 7.05 Å². The fourth-order valence-electron chi connectivity index (χ4n) is 2.88. The van der Waals surface area contributed by atoms with Gasteiger partial charge in [-0.2, -0.15) is 5.10 Å². The standard InChI is InChI=1S/C21H24N4O/c1-15-6-7-17(11-16(15)2)8-9-20(26)23-12-18-5-4-10-22-21(18)19-13-24-25(3)14-19/h4-7,10-11,13-14H,8-9,12H2,1-3H3,(H,23,26). The highest BCUT2D eigenvalue weighted by molar-refractivity contribution is 5.76. The molecule has 0 fully saturated rings. The van der Waals surface area contributed by atoms with E-state index in [1.165, 1.54) is 16.7 Å². The Morgan fingerprint density at radius 3 is 2.77 bits per heavy atom. The minimum Gasteiger partial charge on any atom is -0.352 e. The Balaban J connectivity index is 1.59. The Kier molecular flexibility index (Phi) is 5.46. The van der Waals surface area contributed by atoms with E-state index in [1.807, 2.05) is 25.4 Å². The number of benzene rings is 1. The van der Waals surface area contributed by atoms with Crippen molar-refractivity contribution < 1.29 is 4.79 Å². The maximum Gasteiger partial charge on any atom is 0.220 e. The molecule has 0 unspecified atom stereocenters. The van der Waals surface area contributed by atoms with Gasteiger partial charge in [-0.1, -0.05) is 24.3 Å². The Morgan fingerprint density at radius 2 is 2.04 bits per heavy atom. The van der Waals surface area contributed by atoms with Crippen LogP contribution in [0.1, 0.15) is 28.7 Å². The van der Waals surface area contributed by atoms with Crippen LogP contribution in [0, 0.1) is 13.8 Å². The highest BCUT2D eigenvalue weighted by atomic mass is 16.1. The van der Waals surface area contributed by atoms with Gasteiger partial charge in [0, 0.05) is 38.0 Å². The summed E-state index contributed by atoms with van der Waals surface area (Å²) in [5, 5.41) is 7.20. The van der Waals surface area contributed by atoms with Gasteiger partial charge in [-0.15, -0.1) is 0 Å². The number of carbonyl (C=O) groups is 1. The SMILES string of the molecule is Cc1ccc(CCC(=O)NCc2cccnc2-c2cnn(C)c2)cc1C. The second-order valence-corrected chi connectivity index (χ2v) is 6.61. The first-order valence-electron chi connectivity index (χ1n) is 8.78. The van der Waals surface area contributed by atoms with Gasteiger partial charge in [0.25, 0.3) is 0 Å². The van der Waals surface area contributed by atoms with Crippen LogP contribution in [0.4, 0.5) is 0 Å². The zero-order chi connectivity index (χ0) is 18.5. The Hall–Kier alpha value is -2.95. The predicted octanol–water partition coefficient (Wildman–Crippen LogP) is 3.35. The third kappa shape index (κ3) is 4.36. The van der Waals surface area contributed by atoms with Crippen molar-refractivity contribution >= 4 is 5.91 Å². The van der Waals surface area contributed by atoms with E-state index >= 15 is 0 Å². The molecule has 3 aromatic rings. The summed E-state index contributed by atoms with van der Waals surface area (Å²) in [6.45, 7) is 4.66. The molecule has 1 amide bonds. The molecule has 0 saturated carbocycles. The first kappa shape index (κ1) is 17.9. The highest BCUT2D eigenvalue weighted by Gasteiger charge is 2.10. The fourth-order valence-corrected chi connectivity index (χ4v) is 2.88. The van der Waals surface area contributed by atoms with Crippen molar-refractivity contribution in [3.05, 3.63) is 71.2 Å². The van der Waals surface area contributed by atoms with Gasteiger partial charge in [0.05, 0.1) is 11.9 Å². The monoisotopic (exact) mass is 348 g/mol. The highest BCUT2D eigenvalue weighted by Crippen LogP contribution is 2.20. The second kappa shape index (κ2) is 7.95. The molecule has 0 saturated heterocycles. The molecule has 5 nitrogen and oxygen atoms in total. The molecule has 5 heteroatoms. The topological polar surface area (TPSA) is 59.8 Å². The Labute approximate surface area is 154 Å². The van der Waals surface area contributed by atoms with Crippen LogP contribution in [-0.4, -0.2) is 20.7 Å². The van der Waals surface area contributed by atoms with Crippen molar-refractivity contribution in [1.82, 2.24) is 20.1 Å². The van der Waals surface area contributed by atoms with E-state index < -0.39 is 0 Å². The van der Waals surface area contributed by atoms with Crippen LogP contribution in [0.25, 0.3) is 11.3 Å². The first-order valence-corrected chi connectivity index (χ1v) is 8.78. The van der Waals surface area contributed by atoms with E-state index in [9.17, 15) is 4.79 Å². The number of hydrogen-bond donors (Lipinski definition) is 1. The van der Waals surface area contributed by atoms with Gasteiger partial charge < -0.3 is 5.32 Å². The lowest BCUT2D eigenvalue weighted by atomic mass is 10.0. The molecular formula is C21H24N4O. The lowest BCUT2D eigenvalue weighted by Gasteiger charge is -2.09. The number of nitrogens with one attached hydrogen (secondary N) is 1. The van der Waals surface area contributed by atoms with Crippen LogP contribution < -0.4 is 5.32 Å². The van der Waals surface area contributed by atoms with Gasteiger partial charge in [0.15, 0.2) is 0 Å².